The van der Waals surface area contributed by atoms with Crippen molar-refractivity contribution in [1.29, 1.82) is 0 Å². The lowest BCUT2D eigenvalue weighted by Gasteiger charge is -2.17. The molecule has 0 heterocycles. The Morgan fingerprint density at radius 2 is 1.95 bits per heavy atom. The van der Waals surface area contributed by atoms with Gasteiger partial charge < -0.3 is 4.74 Å². The molecule has 1 aromatic carbocycles. The van der Waals surface area contributed by atoms with Crippen LogP contribution in [0, 0.1) is 0 Å². The molecule has 0 unspecified atom stereocenters. The van der Waals surface area contributed by atoms with Crippen LogP contribution in [0.2, 0.25) is 0 Å². The summed E-state index contributed by atoms with van der Waals surface area (Å²) in [7, 11) is 0. The van der Waals surface area contributed by atoms with Crippen LogP contribution in [0.3, 0.4) is 0 Å². The number of benzene rings is 1. The number of carbonyl (C=O) groups is 2. The summed E-state index contributed by atoms with van der Waals surface area (Å²) in [6.07, 6.45) is 1.61. The topological polar surface area (TPSA) is 55.4 Å². The highest BCUT2D eigenvalue weighted by Gasteiger charge is 2.19. The maximum absolute atomic E-state index is 12.3. The van der Waals surface area contributed by atoms with Crippen molar-refractivity contribution in [2.45, 2.75) is 39.2 Å². The number of Topliss-reactive ketones (excluding diaryl/α,β-unsaturated/α-hetero) is 1. The van der Waals surface area contributed by atoms with E-state index >= 15 is 0 Å². The van der Waals surface area contributed by atoms with Crippen LogP contribution in [0.5, 0.6) is 0 Å². The molecule has 4 nitrogen and oxygen atoms in total. The number of hydrogen-bond donors (Lipinski definition) is 1. The van der Waals surface area contributed by atoms with Gasteiger partial charge in [-0.05, 0) is 18.9 Å². The third kappa shape index (κ3) is 7.73. The highest BCUT2D eigenvalue weighted by atomic mass is 32.2. The van der Waals surface area contributed by atoms with Crippen molar-refractivity contribution in [3.05, 3.63) is 35.9 Å². The molecule has 22 heavy (non-hydrogen) atoms. The first-order valence-corrected chi connectivity index (χ1v) is 8.69. The lowest BCUT2D eigenvalue weighted by Crippen LogP contribution is -2.38. The van der Waals surface area contributed by atoms with Crippen molar-refractivity contribution in [2.24, 2.45) is 0 Å². The molecule has 5 heteroatoms. The van der Waals surface area contributed by atoms with E-state index < -0.39 is 0 Å². The fourth-order valence-corrected chi connectivity index (χ4v) is 2.79. The van der Waals surface area contributed by atoms with Gasteiger partial charge in [-0.25, -0.2) is 0 Å². The summed E-state index contributed by atoms with van der Waals surface area (Å²) in [5.74, 6) is 0.745. The second-order valence-electron chi connectivity index (χ2n) is 4.89. The first-order valence-electron chi connectivity index (χ1n) is 7.70. The zero-order chi connectivity index (χ0) is 16.2. The molecule has 1 rings (SSSR count). The quantitative estimate of drug-likeness (QED) is 0.501. The largest absolute Gasteiger partial charge is 0.367 e. The molecule has 0 amide bonds. The Balaban J connectivity index is 2.52. The molecule has 0 aromatic heterocycles. The van der Waals surface area contributed by atoms with Crippen LogP contribution in [-0.4, -0.2) is 36.0 Å². The maximum Gasteiger partial charge on any atom is 0.206 e. The van der Waals surface area contributed by atoms with E-state index in [2.05, 4.69) is 5.32 Å². The van der Waals surface area contributed by atoms with E-state index in [1.165, 1.54) is 11.8 Å². The van der Waals surface area contributed by atoms with Gasteiger partial charge in [0.25, 0.3) is 0 Å². The Hall–Kier alpha value is -1.17. The normalized spacial score (nSPS) is 12.1. The zero-order valence-electron chi connectivity index (χ0n) is 13.3. The average molecular weight is 323 g/mol. The summed E-state index contributed by atoms with van der Waals surface area (Å²) in [6.45, 7) is 4.73. The van der Waals surface area contributed by atoms with Gasteiger partial charge in [0.15, 0.2) is 0 Å². The standard InChI is InChI=1S/C17H25NO3S/c1-3-15(19)10-11-22-17(20)16(18-13-21-4-2)12-14-8-6-5-7-9-14/h5-9,16,18H,3-4,10-13H2,1-2H3/t16-/m0/s1. The Kier molecular flexibility index (Phi) is 9.79. The van der Waals surface area contributed by atoms with Gasteiger partial charge in [-0.1, -0.05) is 49.0 Å². The van der Waals surface area contributed by atoms with E-state index in [9.17, 15) is 9.59 Å². The number of rotatable bonds is 11. The van der Waals surface area contributed by atoms with Crippen molar-refractivity contribution >= 4 is 22.7 Å². The molecule has 0 aliphatic rings. The maximum atomic E-state index is 12.3. The Morgan fingerprint density at radius 1 is 1.23 bits per heavy atom. The van der Waals surface area contributed by atoms with Crippen LogP contribution in [0.1, 0.15) is 32.3 Å². The molecule has 0 fully saturated rings. The molecule has 1 N–H and O–H groups in total. The summed E-state index contributed by atoms with van der Waals surface area (Å²) in [5.41, 5.74) is 1.11. The molecule has 1 atom stereocenters. The predicted molar refractivity (Wildman–Crippen MR) is 90.9 cm³/mol. The molecule has 0 bridgehead atoms. The van der Waals surface area contributed by atoms with E-state index in [-0.39, 0.29) is 16.9 Å². The number of hydrogen-bond acceptors (Lipinski definition) is 5. The van der Waals surface area contributed by atoms with Crippen molar-refractivity contribution in [1.82, 2.24) is 5.32 Å². The second-order valence-corrected chi connectivity index (χ2v) is 5.99. The van der Waals surface area contributed by atoms with Gasteiger partial charge in [0, 0.05) is 25.2 Å². The van der Waals surface area contributed by atoms with E-state index in [1.54, 1.807) is 0 Å². The van der Waals surface area contributed by atoms with Gasteiger partial charge >= 0.3 is 0 Å². The van der Waals surface area contributed by atoms with Gasteiger partial charge in [-0.2, -0.15) is 0 Å². The van der Waals surface area contributed by atoms with Crippen molar-refractivity contribution in [3.8, 4) is 0 Å². The number of carbonyl (C=O) groups excluding carboxylic acids is 2. The van der Waals surface area contributed by atoms with Gasteiger partial charge in [-0.3, -0.25) is 14.9 Å². The predicted octanol–water partition coefficient (Wildman–Crippen LogP) is 2.81. The van der Waals surface area contributed by atoms with Crippen LogP contribution in [0.25, 0.3) is 0 Å². The molecule has 0 aliphatic heterocycles. The van der Waals surface area contributed by atoms with E-state index in [0.29, 0.717) is 38.4 Å². The lowest BCUT2D eigenvalue weighted by molar-refractivity contribution is -0.118. The minimum atomic E-state index is -0.296. The third-order valence-electron chi connectivity index (χ3n) is 3.22. The number of ether oxygens (including phenoxy) is 1. The fourth-order valence-electron chi connectivity index (χ4n) is 1.89. The SMILES string of the molecule is CCOCN[C@@H](Cc1ccccc1)C(=O)SCCC(=O)CC. The molecule has 1 aromatic rings. The van der Waals surface area contributed by atoms with E-state index in [0.717, 1.165) is 5.56 Å². The average Bonchev–Trinajstić information content (AvgIpc) is 2.54. The van der Waals surface area contributed by atoms with Crippen molar-refractivity contribution < 1.29 is 14.3 Å². The lowest BCUT2D eigenvalue weighted by atomic mass is 10.1. The fraction of sp³-hybridized carbons (Fsp3) is 0.529. The summed E-state index contributed by atoms with van der Waals surface area (Å²) in [4.78, 5) is 23.7. The Labute approximate surface area is 137 Å². The molecule has 0 saturated heterocycles. The molecule has 0 spiro atoms. The van der Waals surface area contributed by atoms with Crippen LogP contribution in [0.4, 0.5) is 0 Å². The zero-order valence-corrected chi connectivity index (χ0v) is 14.2. The van der Waals surface area contributed by atoms with E-state index in [4.69, 9.17) is 4.74 Å². The molecular weight excluding hydrogens is 298 g/mol. The molecule has 0 aliphatic carbocycles. The number of nitrogens with one attached hydrogen (secondary N) is 1. The second kappa shape index (κ2) is 11.4. The monoisotopic (exact) mass is 323 g/mol. The highest BCUT2D eigenvalue weighted by molar-refractivity contribution is 8.13. The first-order chi connectivity index (χ1) is 10.7. The highest BCUT2D eigenvalue weighted by Crippen LogP contribution is 2.13. The minimum absolute atomic E-state index is 0.0625. The minimum Gasteiger partial charge on any atom is -0.367 e. The summed E-state index contributed by atoms with van der Waals surface area (Å²) < 4.78 is 5.29. The van der Waals surface area contributed by atoms with E-state index in [1.807, 2.05) is 44.2 Å². The van der Waals surface area contributed by atoms with Gasteiger partial charge in [0.05, 0.1) is 12.8 Å². The molecular formula is C17H25NO3S. The van der Waals surface area contributed by atoms with Crippen LogP contribution >= 0.6 is 11.8 Å². The van der Waals surface area contributed by atoms with Crippen LogP contribution < -0.4 is 5.32 Å². The number of thioether (sulfide) groups is 1. The summed E-state index contributed by atoms with van der Waals surface area (Å²) in [6, 6.07) is 9.61. The molecule has 0 radical (unpaired) electrons. The Morgan fingerprint density at radius 3 is 2.59 bits per heavy atom. The van der Waals surface area contributed by atoms with Crippen molar-refractivity contribution in [2.75, 3.05) is 19.1 Å². The summed E-state index contributed by atoms with van der Waals surface area (Å²) >= 11 is 1.23. The van der Waals surface area contributed by atoms with Gasteiger partial charge in [0.2, 0.25) is 5.12 Å². The van der Waals surface area contributed by atoms with Crippen molar-refractivity contribution in [3.63, 3.8) is 0 Å². The Bertz CT molecular complexity index is 450. The molecule has 0 saturated carbocycles. The first kappa shape index (κ1) is 18.9. The number of ketones is 1. The molecule has 122 valence electrons. The van der Waals surface area contributed by atoms with Gasteiger partial charge in [0.1, 0.15) is 5.78 Å². The van der Waals surface area contributed by atoms with Crippen LogP contribution in [0.15, 0.2) is 30.3 Å². The smallest absolute Gasteiger partial charge is 0.206 e. The summed E-state index contributed by atoms with van der Waals surface area (Å²) in [5, 5.41) is 3.21. The third-order valence-corrected chi connectivity index (χ3v) is 4.20. The van der Waals surface area contributed by atoms with Crippen LogP contribution in [-0.2, 0) is 20.7 Å². The van der Waals surface area contributed by atoms with Gasteiger partial charge in [-0.15, -0.1) is 0 Å².